The molecule has 5 nitrogen and oxygen atoms in total. The Morgan fingerprint density at radius 1 is 1.50 bits per heavy atom. The van der Waals surface area contributed by atoms with E-state index >= 15 is 0 Å². The zero-order valence-corrected chi connectivity index (χ0v) is 9.46. The van der Waals surface area contributed by atoms with Crippen LogP contribution in [0.1, 0.15) is 24.2 Å². The highest BCUT2D eigenvalue weighted by Gasteiger charge is 2.14. The lowest BCUT2D eigenvalue weighted by molar-refractivity contribution is 0.648. The highest BCUT2D eigenvalue weighted by molar-refractivity contribution is 5.22. The van der Waals surface area contributed by atoms with Crippen molar-refractivity contribution < 1.29 is 0 Å². The molecule has 84 valence electrons. The van der Waals surface area contributed by atoms with Gasteiger partial charge in [0.15, 0.2) is 0 Å². The number of aryl methyl sites for hydroxylation is 1. The quantitative estimate of drug-likeness (QED) is 0.830. The second kappa shape index (κ2) is 4.85. The van der Waals surface area contributed by atoms with Crippen molar-refractivity contribution in [2.45, 2.75) is 19.5 Å². The summed E-state index contributed by atoms with van der Waals surface area (Å²) in [6.45, 7) is 2.94. The average molecular weight is 217 g/mol. The molecule has 1 atom stereocenters. The second-order valence-electron chi connectivity index (χ2n) is 3.49. The second-order valence-corrected chi connectivity index (χ2v) is 3.49. The van der Waals surface area contributed by atoms with Gasteiger partial charge in [-0.25, -0.2) is 9.97 Å². The maximum atomic E-state index is 4.26. The van der Waals surface area contributed by atoms with Crippen molar-refractivity contribution in [3.05, 3.63) is 42.2 Å². The first kappa shape index (κ1) is 10.8. The van der Waals surface area contributed by atoms with Gasteiger partial charge in [-0.15, -0.1) is 0 Å². The summed E-state index contributed by atoms with van der Waals surface area (Å²) in [6.07, 6.45) is 7.21. The fourth-order valence-corrected chi connectivity index (χ4v) is 1.66. The van der Waals surface area contributed by atoms with Gasteiger partial charge in [0.05, 0.1) is 17.9 Å². The van der Waals surface area contributed by atoms with Crippen LogP contribution in [0.5, 0.6) is 0 Å². The molecule has 2 rings (SSSR count). The Labute approximate surface area is 94.5 Å². The molecule has 0 saturated heterocycles. The maximum absolute atomic E-state index is 4.26. The largest absolute Gasteiger partial charge is 0.308 e. The van der Waals surface area contributed by atoms with Gasteiger partial charge >= 0.3 is 0 Å². The van der Waals surface area contributed by atoms with Crippen molar-refractivity contribution in [3.63, 3.8) is 0 Å². The SMILES string of the molecule is CCn1cc(C(NC)c2ccncn2)cn1. The van der Waals surface area contributed by atoms with Crippen molar-refractivity contribution in [2.24, 2.45) is 0 Å². The summed E-state index contributed by atoms with van der Waals surface area (Å²) in [6, 6.07) is 1.98. The Bertz CT molecular complexity index is 437. The molecule has 2 aromatic heterocycles. The summed E-state index contributed by atoms with van der Waals surface area (Å²) in [5.74, 6) is 0. The Morgan fingerprint density at radius 2 is 2.38 bits per heavy atom. The first-order valence-electron chi connectivity index (χ1n) is 5.30. The summed E-state index contributed by atoms with van der Waals surface area (Å²) < 4.78 is 1.90. The molecule has 0 radical (unpaired) electrons. The van der Waals surface area contributed by atoms with Crippen LogP contribution in [0.4, 0.5) is 0 Å². The normalized spacial score (nSPS) is 12.6. The molecular formula is C11H15N5. The summed E-state index contributed by atoms with van der Waals surface area (Å²) in [5, 5.41) is 7.49. The van der Waals surface area contributed by atoms with E-state index in [9.17, 15) is 0 Å². The molecule has 0 aromatic carbocycles. The van der Waals surface area contributed by atoms with E-state index < -0.39 is 0 Å². The Kier molecular flexibility index (Phi) is 3.26. The van der Waals surface area contributed by atoms with Crippen LogP contribution in [0.25, 0.3) is 0 Å². The zero-order valence-electron chi connectivity index (χ0n) is 9.46. The fourth-order valence-electron chi connectivity index (χ4n) is 1.66. The smallest absolute Gasteiger partial charge is 0.115 e. The molecule has 1 N–H and O–H groups in total. The standard InChI is InChI=1S/C11H15N5/c1-3-16-7-9(6-15-16)11(12-2)10-4-5-13-8-14-10/h4-8,11-12H,3H2,1-2H3. The van der Waals surface area contributed by atoms with Crippen LogP contribution in [0, 0.1) is 0 Å². The third-order valence-electron chi connectivity index (χ3n) is 2.50. The van der Waals surface area contributed by atoms with Crippen molar-refractivity contribution >= 4 is 0 Å². The van der Waals surface area contributed by atoms with Crippen molar-refractivity contribution in [1.82, 2.24) is 25.1 Å². The minimum atomic E-state index is 0.0725. The number of nitrogens with one attached hydrogen (secondary N) is 1. The maximum Gasteiger partial charge on any atom is 0.115 e. The third kappa shape index (κ3) is 2.09. The minimum Gasteiger partial charge on any atom is -0.308 e. The summed E-state index contributed by atoms with van der Waals surface area (Å²) in [5.41, 5.74) is 2.07. The number of aromatic nitrogens is 4. The van der Waals surface area contributed by atoms with Crippen LogP contribution in [0.15, 0.2) is 31.0 Å². The van der Waals surface area contributed by atoms with Gasteiger partial charge in [0, 0.05) is 24.5 Å². The molecule has 0 fully saturated rings. The van der Waals surface area contributed by atoms with Crippen molar-refractivity contribution in [2.75, 3.05) is 7.05 Å². The summed E-state index contributed by atoms with van der Waals surface area (Å²) in [4.78, 5) is 8.17. The molecule has 0 bridgehead atoms. The lowest BCUT2D eigenvalue weighted by Gasteiger charge is -2.12. The van der Waals surface area contributed by atoms with Crippen LogP contribution in [-0.4, -0.2) is 26.8 Å². The number of hydrogen-bond donors (Lipinski definition) is 1. The molecule has 0 spiro atoms. The van der Waals surface area contributed by atoms with E-state index in [2.05, 4.69) is 27.3 Å². The molecule has 2 heterocycles. The molecule has 1 unspecified atom stereocenters. The van der Waals surface area contributed by atoms with Gasteiger partial charge in [-0.05, 0) is 20.0 Å². The van der Waals surface area contributed by atoms with E-state index in [0.29, 0.717) is 0 Å². The first-order valence-corrected chi connectivity index (χ1v) is 5.30. The van der Waals surface area contributed by atoms with Crippen LogP contribution in [0.3, 0.4) is 0 Å². The van der Waals surface area contributed by atoms with E-state index in [1.165, 1.54) is 0 Å². The lowest BCUT2D eigenvalue weighted by Crippen LogP contribution is -2.18. The van der Waals surface area contributed by atoms with Gasteiger partial charge in [0.2, 0.25) is 0 Å². The van der Waals surface area contributed by atoms with E-state index in [0.717, 1.165) is 17.8 Å². The molecule has 0 aliphatic carbocycles. The number of nitrogens with zero attached hydrogens (tertiary/aromatic N) is 4. The highest BCUT2D eigenvalue weighted by Crippen LogP contribution is 2.18. The van der Waals surface area contributed by atoms with Gasteiger partial charge in [-0.1, -0.05) is 0 Å². The monoisotopic (exact) mass is 217 g/mol. The molecule has 0 saturated carbocycles. The van der Waals surface area contributed by atoms with E-state index in [4.69, 9.17) is 0 Å². The lowest BCUT2D eigenvalue weighted by atomic mass is 10.1. The van der Waals surface area contributed by atoms with Gasteiger partial charge in [0.1, 0.15) is 6.33 Å². The van der Waals surface area contributed by atoms with Crippen LogP contribution < -0.4 is 5.32 Å². The van der Waals surface area contributed by atoms with E-state index in [1.54, 1.807) is 12.5 Å². The fraction of sp³-hybridized carbons (Fsp3) is 0.364. The Balaban J connectivity index is 2.29. The average Bonchev–Trinajstić information content (AvgIpc) is 2.80. The summed E-state index contributed by atoms with van der Waals surface area (Å²) >= 11 is 0. The molecule has 0 amide bonds. The third-order valence-corrected chi connectivity index (χ3v) is 2.50. The number of rotatable bonds is 4. The first-order chi connectivity index (χ1) is 7.85. The van der Waals surface area contributed by atoms with Crippen LogP contribution in [0.2, 0.25) is 0 Å². The molecule has 16 heavy (non-hydrogen) atoms. The van der Waals surface area contributed by atoms with Gasteiger partial charge in [-0.2, -0.15) is 5.10 Å². The summed E-state index contributed by atoms with van der Waals surface area (Å²) in [7, 11) is 1.91. The number of hydrogen-bond acceptors (Lipinski definition) is 4. The minimum absolute atomic E-state index is 0.0725. The molecule has 0 aliphatic heterocycles. The molecule has 0 aliphatic rings. The van der Waals surface area contributed by atoms with Crippen molar-refractivity contribution in [3.8, 4) is 0 Å². The van der Waals surface area contributed by atoms with E-state index in [-0.39, 0.29) is 6.04 Å². The Morgan fingerprint density at radius 3 is 2.94 bits per heavy atom. The Hall–Kier alpha value is -1.75. The van der Waals surface area contributed by atoms with Gasteiger partial charge in [-0.3, -0.25) is 4.68 Å². The van der Waals surface area contributed by atoms with Gasteiger partial charge in [0.25, 0.3) is 0 Å². The van der Waals surface area contributed by atoms with Crippen LogP contribution >= 0.6 is 0 Å². The molecule has 5 heteroatoms. The molecular weight excluding hydrogens is 202 g/mol. The zero-order chi connectivity index (χ0) is 11.4. The molecule has 2 aromatic rings. The van der Waals surface area contributed by atoms with Gasteiger partial charge < -0.3 is 5.32 Å². The van der Waals surface area contributed by atoms with Crippen LogP contribution in [-0.2, 0) is 6.54 Å². The van der Waals surface area contributed by atoms with E-state index in [1.807, 2.05) is 30.2 Å². The topological polar surface area (TPSA) is 55.6 Å². The predicted molar refractivity (Wildman–Crippen MR) is 60.8 cm³/mol. The highest BCUT2D eigenvalue weighted by atomic mass is 15.3. The predicted octanol–water partition coefficient (Wildman–Crippen LogP) is 1.00. The van der Waals surface area contributed by atoms with Crippen molar-refractivity contribution in [1.29, 1.82) is 0 Å².